The summed E-state index contributed by atoms with van der Waals surface area (Å²) in [5.74, 6) is 1.90. The minimum absolute atomic E-state index is 0.735. The highest BCUT2D eigenvalue weighted by atomic mass is 32.1. The van der Waals surface area contributed by atoms with Gasteiger partial charge in [-0.3, -0.25) is 9.58 Å². The fraction of sp³-hybridized carbons (Fsp3) is 0.591. The summed E-state index contributed by atoms with van der Waals surface area (Å²) in [5.41, 5.74) is 5.00. The summed E-state index contributed by atoms with van der Waals surface area (Å²) in [6, 6.07) is 0. The summed E-state index contributed by atoms with van der Waals surface area (Å²) in [5, 5.41) is 9.49. The van der Waals surface area contributed by atoms with Crippen LogP contribution in [0.5, 0.6) is 0 Å². The van der Waals surface area contributed by atoms with Crippen molar-refractivity contribution in [1.82, 2.24) is 24.6 Å². The molecule has 3 aromatic heterocycles. The molecule has 1 aliphatic carbocycles. The Bertz CT molecular complexity index is 1070. The van der Waals surface area contributed by atoms with Crippen molar-refractivity contribution < 1.29 is 4.74 Å². The molecule has 8 heteroatoms. The summed E-state index contributed by atoms with van der Waals surface area (Å²) in [6.45, 7) is 9.19. The van der Waals surface area contributed by atoms with Crippen LogP contribution in [0, 0.1) is 13.8 Å². The second-order valence-corrected chi connectivity index (χ2v) is 9.48. The molecule has 0 saturated carbocycles. The Labute approximate surface area is 181 Å². The molecule has 2 aliphatic rings. The second-order valence-electron chi connectivity index (χ2n) is 8.39. The first-order valence-electron chi connectivity index (χ1n) is 10.9. The number of anilines is 1. The van der Waals surface area contributed by atoms with Crippen LogP contribution in [0.15, 0.2) is 0 Å². The van der Waals surface area contributed by atoms with Crippen molar-refractivity contribution in [2.75, 3.05) is 31.6 Å². The first-order chi connectivity index (χ1) is 14.6. The van der Waals surface area contributed by atoms with Gasteiger partial charge >= 0.3 is 0 Å². The minimum atomic E-state index is 0.735. The van der Waals surface area contributed by atoms with Crippen molar-refractivity contribution in [3.63, 3.8) is 0 Å². The van der Waals surface area contributed by atoms with Crippen LogP contribution in [0.1, 0.15) is 46.1 Å². The van der Waals surface area contributed by atoms with Crippen molar-refractivity contribution in [1.29, 1.82) is 0 Å². The van der Waals surface area contributed by atoms with Crippen molar-refractivity contribution >= 4 is 27.4 Å². The SMILES string of the molecule is Cc1nn(C)c(C)c1CNc1nc(CN2CCOCC2)nc2sc3c(c12)CCCC3. The molecule has 160 valence electrons. The normalized spacial score (nSPS) is 17.4. The van der Waals surface area contributed by atoms with E-state index in [2.05, 4.69) is 29.2 Å². The zero-order chi connectivity index (χ0) is 20.7. The molecule has 0 radical (unpaired) electrons. The number of nitrogens with one attached hydrogen (secondary N) is 1. The lowest BCUT2D eigenvalue weighted by molar-refractivity contribution is 0.0331. The second kappa shape index (κ2) is 8.24. The van der Waals surface area contributed by atoms with E-state index in [0.29, 0.717) is 0 Å². The van der Waals surface area contributed by atoms with Gasteiger partial charge in [0.2, 0.25) is 0 Å². The van der Waals surface area contributed by atoms with Crippen LogP contribution in [0.25, 0.3) is 10.2 Å². The number of morpholine rings is 1. The molecule has 0 atom stereocenters. The first kappa shape index (κ1) is 19.9. The Kier molecular flexibility index (Phi) is 5.47. The van der Waals surface area contributed by atoms with Crippen LogP contribution < -0.4 is 5.32 Å². The predicted molar refractivity (Wildman–Crippen MR) is 120 cm³/mol. The molecule has 1 aliphatic heterocycles. The largest absolute Gasteiger partial charge is 0.379 e. The van der Waals surface area contributed by atoms with Crippen LogP contribution in [0.2, 0.25) is 0 Å². The fourth-order valence-corrected chi connectivity index (χ4v) is 5.89. The van der Waals surface area contributed by atoms with Crippen LogP contribution in [-0.2, 0) is 37.7 Å². The maximum Gasteiger partial charge on any atom is 0.146 e. The molecule has 0 unspecified atom stereocenters. The summed E-state index contributed by atoms with van der Waals surface area (Å²) >= 11 is 1.87. The summed E-state index contributed by atoms with van der Waals surface area (Å²) in [6.07, 6.45) is 4.86. The van der Waals surface area contributed by atoms with Gasteiger partial charge in [-0.15, -0.1) is 11.3 Å². The highest BCUT2D eigenvalue weighted by Gasteiger charge is 2.22. The molecule has 0 amide bonds. The first-order valence-corrected chi connectivity index (χ1v) is 11.8. The zero-order valence-electron chi connectivity index (χ0n) is 18.1. The average Bonchev–Trinajstić information content (AvgIpc) is 3.23. The van der Waals surface area contributed by atoms with Gasteiger partial charge in [0.05, 0.1) is 30.8 Å². The summed E-state index contributed by atoms with van der Waals surface area (Å²) in [4.78, 5) is 15.1. The van der Waals surface area contributed by atoms with Gasteiger partial charge in [0.25, 0.3) is 0 Å². The standard InChI is InChI=1S/C22H30N6OS/c1-14-17(15(2)27(3)26-14)12-23-21-20-16-6-4-5-7-18(16)30-22(20)25-19(24-21)13-28-8-10-29-11-9-28/h4-13H2,1-3H3,(H,23,24,25). The van der Waals surface area contributed by atoms with E-state index in [-0.39, 0.29) is 0 Å². The molecule has 4 heterocycles. The molecular weight excluding hydrogens is 396 g/mol. The van der Waals surface area contributed by atoms with Crippen LogP contribution in [0.3, 0.4) is 0 Å². The molecule has 0 bridgehead atoms. The summed E-state index contributed by atoms with van der Waals surface area (Å²) in [7, 11) is 2.00. The number of aryl methyl sites for hydroxylation is 4. The topological polar surface area (TPSA) is 68.1 Å². The van der Waals surface area contributed by atoms with Gasteiger partial charge in [0, 0.05) is 42.8 Å². The number of hydrogen-bond acceptors (Lipinski definition) is 7. The molecule has 1 N–H and O–H groups in total. The van der Waals surface area contributed by atoms with Crippen LogP contribution >= 0.6 is 11.3 Å². The minimum Gasteiger partial charge on any atom is -0.379 e. The van der Waals surface area contributed by atoms with E-state index in [1.54, 1.807) is 0 Å². The van der Waals surface area contributed by atoms with E-state index in [9.17, 15) is 0 Å². The quantitative estimate of drug-likeness (QED) is 0.675. The molecule has 0 spiro atoms. The van der Waals surface area contributed by atoms with Crippen molar-refractivity contribution in [3.8, 4) is 0 Å². The van der Waals surface area contributed by atoms with Gasteiger partial charge in [-0.25, -0.2) is 9.97 Å². The number of thiophene rings is 1. The molecule has 30 heavy (non-hydrogen) atoms. The smallest absolute Gasteiger partial charge is 0.146 e. The third-order valence-corrected chi connectivity index (χ3v) is 7.61. The number of aromatic nitrogens is 4. The van der Waals surface area contributed by atoms with Gasteiger partial charge in [-0.2, -0.15) is 5.10 Å². The number of nitrogens with zero attached hydrogens (tertiary/aromatic N) is 5. The van der Waals surface area contributed by atoms with Gasteiger partial charge in [-0.1, -0.05) is 0 Å². The predicted octanol–water partition coefficient (Wildman–Crippen LogP) is 3.36. The number of ether oxygens (including phenoxy) is 1. The highest BCUT2D eigenvalue weighted by Crippen LogP contribution is 2.39. The van der Waals surface area contributed by atoms with E-state index >= 15 is 0 Å². The molecule has 0 aromatic carbocycles. The van der Waals surface area contributed by atoms with Crippen molar-refractivity contribution in [3.05, 3.63) is 33.2 Å². The lowest BCUT2D eigenvalue weighted by atomic mass is 9.97. The van der Waals surface area contributed by atoms with Gasteiger partial charge in [0.1, 0.15) is 16.5 Å². The van der Waals surface area contributed by atoms with Gasteiger partial charge in [-0.05, 0) is 45.1 Å². The maximum atomic E-state index is 5.50. The van der Waals surface area contributed by atoms with E-state index < -0.39 is 0 Å². The Morgan fingerprint density at radius 3 is 2.67 bits per heavy atom. The summed E-state index contributed by atoms with van der Waals surface area (Å²) < 4.78 is 7.45. The maximum absolute atomic E-state index is 5.50. The zero-order valence-corrected chi connectivity index (χ0v) is 18.9. The molecular formula is C22H30N6OS. The van der Waals surface area contributed by atoms with Crippen LogP contribution in [-0.4, -0.2) is 51.0 Å². The van der Waals surface area contributed by atoms with E-state index in [4.69, 9.17) is 14.7 Å². The Morgan fingerprint density at radius 1 is 1.10 bits per heavy atom. The number of fused-ring (bicyclic) bond motifs is 3. The molecule has 5 rings (SSSR count). The van der Waals surface area contributed by atoms with Gasteiger partial charge < -0.3 is 10.1 Å². The van der Waals surface area contributed by atoms with Gasteiger partial charge in [0.15, 0.2) is 0 Å². The highest BCUT2D eigenvalue weighted by molar-refractivity contribution is 7.19. The molecule has 1 saturated heterocycles. The lowest BCUT2D eigenvalue weighted by Gasteiger charge is -2.25. The average molecular weight is 427 g/mol. The third-order valence-electron chi connectivity index (χ3n) is 6.42. The lowest BCUT2D eigenvalue weighted by Crippen LogP contribution is -2.36. The van der Waals surface area contributed by atoms with Crippen molar-refractivity contribution in [2.24, 2.45) is 7.05 Å². The van der Waals surface area contributed by atoms with Crippen molar-refractivity contribution in [2.45, 2.75) is 52.6 Å². The molecule has 3 aromatic rings. The Morgan fingerprint density at radius 2 is 1.90 bits per heavy atom. The number of rotatable bonds is 5. The number of hydrogen-bond donors (Lipinski definition) is 1. The molecule has 7 nitrogen and oxygen atoms in total. The fourth-order valence-electron chi connectivity index (χ4n) is 4.60. The van der Waals surface area contributed by atoms with Crippen LogP contribution in [0.4, 0.5) is 5.82 Å². The monoisotopic (exact) mass is 426 g/mol. The van der Waals surface area contributed by atoms with E-state index in [0.717, 1.165) is 68.0 Å². The Hall–Kier alpha value is -2.03. The van der Waals surface area contributed by atoms with E-state index in [1.807, 2.05) is 23.1 Å². The Balaban J connectivity index is 1.50. The third kappa shape index (κ3) is 3.72. The molecule has 1 fully saturated rings. The van der Waals surface area contributed by atoms with E-state index in [1.165, 1.54) is 46.3 Å².